The van der Waals surface area contributed by atoms with Gasteiger partial charge in [-0.25, -0.2) is 4.99 Å². The van der Waals surface area contributed by atoms with Crippen molar-refractivity contribution < 1.29 is 0 Å². The summed E-state index contributed by atoms with van der Waals surface area (Å²) in [5.74, 6) is 0.878. The van der Waals surface area contributed by atoms with Gasteiger partial charge in [0.2, 0.25) is 0 Å². The fourth-order valence-electron chi connectivity index (χ4n) is 3.76. The number of benzene rings is 1. The minimum Gasteiger partial charge on any atom is -0.325 e. The first-order chi connectivity index (χ1) is 16.3. The molecule has 1 heterocycles. The molecule has 0 unspecified atom stereocenters. The Morgan fingerprint density at radius 1 is 1.15 bits per heavy atom. The second-order valence-corrected chi connectivity index (χ2v) is 8.77. The smallest absolute Gasteiger partial charge is 0.153 e. The van der Waals surface area contributed by atoms with E-state index in [4.69, 9.17) is 4.99 Å². The summed E-state index contributed by atoms with van der Waals surface area (Å²) in [6.45, 7) is 17.2. The molecule has 0 saturated heterocycles. The zero-order chi connectivity index (χ0) is 25.1. The number of unbranched alkanes of at least 4 members (excludes halogenated alkanes) is 1. The first kappa shape index (κ1) is 26.7. The molecule has 0 radical (unpaired) electrons. The van der Waals surface area contributed by atoms with Crippen LogP contribution in [0.1, 0.15) is 72.8 Å². The number of hydrogen-bond acceptors (Lipinski definition) is 5. The van der Waals surface area contributed by atoms with Crippen LogP contribution in [0.5, 0.6) is 0 Å². The van der Waals surface area contributed by atoms with Crippen molar-refractivity contribution in [3.8, 4) is 6.07 Å². The summed E-state index contributed by atoms with van der Waals surface area (Å²) in [4.78, 5) is 6.86. The monoisotopic (exact) mass is 455 g/mol. The van der Waals surface area contributed by atoms with E-state index < -0.39 is 0 Å². The quantitative estimate of drug-likeness (QED) is 0.208. The van der Waals surface area contributed by atoms with Crippen molar-refractivity contribution in [3.63, 3.8) is 0 Å². The maximum Gasteiger partial charge on any atom is 0.153 e. The highest BCUT2D eigenvalue weighted by Crippen LogP contribution is 2.29. The zero-order valence-electron chi connectivity index (χ0n) is 21.5. The molecule has 1 aromatic carbocycles. The molecular formula is C29H37N5. The van der Waals surface area contributed by atoms with Crippen molar-refractivity contribution in [2.75, 3.05) is 0 Å². The Morgan fingerprint density at radius 3 is 2.44 bits per heavy atom. The molecule has 0 bridgehead atoms. The van der Waals surface area contributed by atoms with Crippen molar-refractivity contribution >= 4 is 17.3 Å². The summed E-state index contributed by atoms with van der Waals surface area (Å²) < 4.78 is 0. The van der Waals surface area contributed by atoms with Crippen LogP contribution < -0.4 is 0 Å². The molecule has 0 fully saturated rings. The van der Waals surface area contributed by atoms with Gasteiger partial charge >= 0.3 is 0 Å². The Labute approximate surface area is 205 Å². The van der Waals surface area contributed by atoms with Gasteiger partial charge in [0.1, 0.15) is 11.9 Å². The molecule has 1 aromatic rings. The van der Waals surface area contributed by atoms with Gasteiger partial charge < -0.3 is 4.90 Å². The molecule has 0 aromatic heterocycles. The van der Waals surface area contributed by atoms with E-state index in [-0.39, 0.29) is 0 Å². The fourth-order valence-corrected chi connectivity index (χ4v) is 3.76. The number of hydrogen-bond donors (Lipinski definition) is 0. The van der Waals surface area contributed by atoms with Crippen molar-refractivity contribution in [2.45, 2.75) is 73.8 Å². The molecule has 0 aliphatic carbocycles. The van der Waals surface area contributed by atoms with Crippen LogP contribution in [0.25, 0.3) is 0 Å². The topological polar surface area (TPSA) is 64.1 Å². The van der Waals surface area contributed by atoms with E-state index in [1.807, 2.05) is 39.0 Å². The Morgan fingerprint density at radius 2 is 1.85 bits per heavy atom. The number of allylic oxidation sites excluding steroid dienone is 6. The first-order valence-electron chi connectivity index (χ1n) is 11.9. The first-order valence-corrected chi connectivity index (χ1v) is 11.9. The molecule has 0 spiro atoms. The van der Waals surface area contributed by atoms with Gasteiger partial charge in [-0.2, -0.15) is 15.5 Å². The lowest BCUT2D eigenvalue weighted by Gasteiger charge is -2.33. The molecule has 178 valence electrons. The number of nitriles is 1. The Bertz CT molecular complexity index is 1100. The SMILES string of the molecule is C=C1C(/C(C)=N/N=C(\C)C/C(C=C(C)C)=C/C)=C(C#N)N=C(CCCC)N1Cc1ccccc1. The molecule has 2 rings (SSSR count). The molecule has 34 heavy (non-hydrogen) atoms. The molecule has 5 nitrogen and oxygen atoms in total. The van der Waals surface area contributed by atoms with E-state index in [9.17, 15) is 5.26 Å². The second-order valence-electron chi connectivity index (χ2n) is 8.77. The van der Waals surface area contributed by atoms with Crippen molar-refractivity contribution in [1.29, 1.82) is 5.26 Å². The minimum atomic E-state index is 0.355. The van der Waals surface area contributed by atoms with Gasteiger partial charge in [0.05, 0.1) is 11.3 Å². The second kappa shape index (κ2) is 13.3. The Hall–Kier alpha value is -3.52. The highest BCUT2D eigenvalue weighted by Gasteiger charge is 2.27. The van der Waals surface area contributed by atoms with E-state index in [0.29, 0.717) is 23.5 Å². The molecule has 0 saturated carbocycles. The summed E-state index contributed by atoms with van der Waals surface area (Å²) in [7, 11) is 0. The van der Waals surface area contributed by atoms with E-state index >= 15 is 0 Å². The van der Waals surface area contributed by atoms with Crippen molar-refractivity contribution in [1.82, 2.24) is 4.90 Å². The third-order valence-corrected chi connectivity index (χ3v) is 5.48. The minimum absolute atomic E-state index is 0.355. The third kappa shape index (κ3) is 7.52. The van der Waals surface area contributed by atoms with Crippen LogP contribution in [-0.2, 0) is 6.54 Å². The number of rotatable bonds is 10. The van der Waals surface area contributed by atoms with Gasteiger partial charge in [-0.05, 0) is 52.2 Å². The maximum absolute atomic E-state index is 9.88. The average molecular weight is 456 g/mol. The molecule has 5 heteroatoms. The van der Waals surface area contributed by atoms with Gasteiger partial charge in [0, 0.05) is 30.8 Å². The molecule has 0 N–H and O–H groups in total. The number of amidine groups is 1. The fraction of sp³-hybridized carbons (Fsp3) is 0.379. The maximum atomic E-state index is 9.88. The van der Waals surface area contributed by atoms with Gasteiger partial charge in [-0.15, -0.1) is 0 Å². The van der Waals surface area contributed by atoms with Gasteiger partial charge in [0.25, 0.3) is 0 Å². The molecular weight excluding hydrogens is 418 g/mol. The Kier molecular flexibility index (Phi) is 10.4. The lowest BCUT2D eigenvalue weighted by Crippen LogP contribution is -2.34. The summed E-state index contributed by atoms with van der Waals surface area (Å²) in [5.41, 5.74) is 6.91. The Balaban J connectivity index is 2.40. The van der Waals surface area contributed by atoms with Crippen LogP contribution in [0.4, 0.5) is 0 Å². The van der Waals surface area contributed by atoms with E-state index in [0.717, 1.165) is 48.5 Å². The normalized spacial score (nSPS) is 15.3. The van der Waals surface area contributed by atoms with E-state index in [1.54, 1.807) is 0 Å². The molecule has 1 aliphatic heterocycles. The predicted molar refractivity (Wildman–Crippen MR) is 145 cm³/mol. The lowest BCUT2D eigenvalue weighted by atomic mass is 10.0. The highest BCUT2D eigenvalue weighted by atomic mass is 15.2. The highest BCUT2D eigenvalue weighted by molar-refractivity contribution is 6.06. The largest absolute Gasteiger partial charge is 0.325 e. The summed E-state index contributed by atoms with van der Waals surface area (Å²) >= 11 is 0. The molecule has 1 aliphatic rings. The van der Waals surface area contributed by atoms with Crippen LogP contribution in [-0.4, -0.2) is 22.2 Å². The standard InChI is InChI=1S/C29H37N5/c1-8-10-16-28-31-27(19-30)29(24(7)34(28)20-26-14-12-11-13-15-26)23(6)33-32-22(5)18-25(9-2)17-21(3)4/h9,11-15,17H,7-8,10,16,18,20H2,1-6H3/b25-9+,32-22+,33-23+. The lowest BCUT2D eigenvalue weighted by molar-refractivity contribution is 0.497. The summed E-state index contributed by atoms with van der Waals surface area (Å²) in [6, 6.07) is 12.5. The molecule has 0 atom stereocenters. The van der Waals surface area contributed by atoms with Crippen molar-refractivity contribution in [2.24, 2.45) is 15.2 Å². The van der Waals surface area contributed by atoms with Crippen LogP contribution >= 0.6 is 0 Å². The summed E-state index contributed by atoms with van der Waals surface area (Å²) in [5, 5.41) is 18.8. The average Bonchev–Trinajstić information content (AvgIpc) is 2.82. The van der Waals surface area contributed by atoms with Gasteiger partial charge in [-0.3, -0.25) is 0 Å². The van der Waals surface area contributed by atoms with E-state index in [1.165, 1.54) is 11.1 Å². The van der Waals surface area contributed by atoms with E-state index in [2.05, 4.69) is 72.8 Å². The van der Waals surface area contributed by atoms with Crippen LogP contribution in [0, 0.1) is 11.3 Å². The van der Waals surface area contributed by atoms with Crippen LogP contribution in [0.15, 0.2) is 92.4 Å². The predicted octanol–water partition coefficient (Wildman–Crippen LogP) is 7.52. The van der Waals surface area contributed by atoms with Crippen LogP contribution in [0.3, 0.4) is 0 Å². The zero-order valence-corrected chi connectivity index (χ0v) is 21.5. The van der Waals surface area contributed by atoms with Gasteiger partial charge in [-0.1, -0.05) is 68.0 Å². The van der Waals surface area contributed by atoms with Gasteiger partial charge in [0.15, 0.2) is 5.70 Å². The van der Waals surface area contributed by atoms with Crippen LogP contribution in [0.2, 0.25) is 0 Å². The van der Waals surface area contributed by atoms with Crippen molar-refractivity contribution in [3.05, 3.63) is 82.7 Å². The number of nitrogens with zero attached hydrogens (tertiary/aromatic N) is 5. The molecule has 0 amide bonds. The number of aliphatic imine (C=N–C) groups is 1. The third-order valence-electron chi connectivity index (χ3n) is 5.48. The summed E-state index contributed by atoms with van der Waals surface area (Å²) in [6.07, 6.45) is 7.83.